The summed E-state index contributed by atoms with van der Waals surface area (Å²) in [5.74, 6) is 2.99. The zero-order valence-electron chi connectivity index (χ0n) is 10.0. The van der Waals surface area contributed by atoms with Crippen LogP contribution in [0.5, 0.6) is 0 Å². The average Bonchev–Trinajstić information content (AvgIpc) is 3.04. The molecule has 0 atom stereocenters. The standard InChI is InChI=1S/C12H18BrN3/c1-4-14-12-9(13)10(7(2)3)15-11(16-12)8-5-6-8/h7-8H,4-6H2,1-3H3,(H,14,15,16). The van der Waals surface area contributed by atoms with Crippen molar-refractivity contribution in [3.8, 4) is 0 Å². The summed E-state index contributed by atoms with van der Waals surface area (Å²) in [7, 11) is 0. The maximum atomic E-state index is 4.68. The van der Waals surface area contributed by atoms with Crippen molar-refractivity contribution in [2.24, 2.45) is 0 Å². The van der Waals surface area contributed by atoms with Gasteiger partial charge >= 0.3 is 0 Å². The van der Waals surface area contributed by atoms with E-state index in [1.54, 1.807) is 0 Å². The summed E-state index contributed by atoms with van der Waals surface area (Å²) in [6, 6.07) is 0. The molecule has 1 heterocycles. The molecule has 4 heteroatoms. The van der Waals surface area contributed by atoms with Gasteiger partial charge in [0.05, 0.1) is 10.2 Å². The van der Waals surface area contributed by atoms with Gasteiger partial charge in [-0.25, -0.2) is 9.97 Å². The third-order valence-corrected chi connectivity index (χ3v) is 3.51. The molecule has 1 aliphatic rings. The normalized spacial score (nSPS) is 15.6. The Morgan fingerprint density at radius 3 is 2.56 bits per heavy atom. The topological polar surface area (TPSA) is 37.8 Å². The van der Waals surface area contributed by atoms with Crippen molar-refractivity contribution in [1.82, 2.24) is 9.97 Å². The van der Waals surface area contributed by atoms with Crippen molar-refractivity contribution in [2.45, 2.75) is 45.4 Å². The second-order valence-corrected chi connectivity index (χ2v) is 5.38. The van der Waals surface area contributed by atoms with E-state index in [0.29, 0.717) is 11.8 Å². The lowest BCUT2D eigenvalue weighted by atomic mass is 10.1. The fraction of sp³-hybridized carbons (Fsp3) is 0.667. The van der Waals surface area contributed by atoms with E-state index in [1.807, 2.05) is 0 Å². The fourth-order valence-electron chi connectivity index (χ4n) is 1.67. The van der Waals surface area contributed by atoms with Gasteiger partial charge in [-0.3, -0.25) is 0 Å². The van der Waals surface area contributed by atoms with Crippen LogP contribution in [0.2, 0.25) is 0 Å². The summed E-state index contributed by atoms with van der Waals surface area (Å²) in [4.78, 5) is 9.28. The van der Waals surface area contributed by atoms with Gasteiger partial charge in [-0.05, 0) is 41.6 Å². The molecule has 0 amide bonds. The molecule has 88 valence electrons. The SMILES string of the molecule is CCNc1nc(C2CC2)nc(C(C)C)c1Br. The first-order valence-corrected chi connectivity index (χ1v) is 6.74. The highest BCUT2D eigenvalue weighted by molar-refractivity contribution is 9.10. The summed E-state index contributed by atoms with van der Waals surface area (Å²) >= 11 is 3.60. The maximum absolute atomic E-state index is 4.68. The van der Waals surface area contributed by atoms with Crippen LogP contribution in [-0.4, -0.2) is 16.5 Å². The highest BCUT2D eigenvalue weighted by Crippen LogP contribution is 2.40. The Labute approximate surface area is 105 Å². The minimum atomic E-state index is 0.423. The highest BCUT2D eigenvalue weighted by Gasteiger charge is 2.28. The number of rotatable bonds is 4. The molecule has 0 spiro atoms. The van der Waals surface area contributed by atoms with Gasteiger partial charge in [0.25, 0.3) is 0 Å². The van der Waals surface area contributed by atoms with Crippen molar-refractivity contribution < 1.29 is 0 Å². The van der Waals surface area contributed by atoms with Crippen LogP contribution in [0.3, 0.4) is 0 Å². The van der Waals surface area contributed by atoms with Crippen LogP contribution < -0.4 is 5.32 Å². The first kappa shape index (κ1) is 11.8. The van der Waals surface area contributed by atoms with E-state index in [9.17, 15) is 0 Å². The zero-order chi connectivity index (χ0) is 11.7. The molecule has 0 bridgehead atoms. The Balaban J connectivity index is 2.42. The van der Waals surface area contributed by atoms with Crippen molar-refractivity contribution in [1.29, 1.82) is 0 Å². The lowest BCUT2D eigenvalue weighted by molar-refractivity contribution is 0.776. The van der Waals surface area contributed by atoms with E-state index in [2.05, 4.69) is 52.0 Å². The van der Waals surface area contributed by atoms with Gasteiger partial charge < -0.3 is 5.32 Å². The number of aromatic nitrogens is 2. The van der Waals surface area contributed by atoms with E-state index >= 15 is 0 Å². The molecule has 0 saturated heterocycles. The Hall–Kier alpha value is -0.640. The van der Waals surface area contributed by atoms with Gasteiger partial charge in [-0.15, -0.1) is 0 Å². The van der Waals surface area contributed by atoms with Crippen LogP contribution in [0.15, 0.2) is 4.47 Å². The second kappa shape index (κ2) is 4.70. The average molecular weight is 284 g/mol. The number of nitrogens with one attached hydrogen (secondary N) is 1. The highest BCUT2D eigenvalue weighted by atomic mass is 79.9. The Morgan fingerprint density at radius 1 is 1.38 bits per heavy atom. The Kier molecular flexibility index (Phi) is 3.47. The van der Waals surface area contributed by atoms with Gasteiger partial charge in [0.2, 0.25) is 0 Å². The van der Waals surface area contributed by atoms with Gasteiger partial charge in [0.15, 0.2) is 0 Å². The third kappa shape index (κ3) is 2.37. The summed E-state index contributed by atoms with van der Waals surface area (Å²) in [6.07, 6.45) is 2.48. The number of hydrogen-bond acceptors (Lipinski definition) is 3. The Morgan fingerprint density at radius 2 is 2.06 bits per heavy atom. The predicted molar refractivity (Wildman–Crippen MR) is 70.0 cm³/mol. The van der Waals surface area contributed by atoms with Gasteiger partial charge in [-0.1, -0.05) is 13.8 Å². The van der Waals surface area contributed by atoms with Crippen molar-refractivity contribution in [3.63, 3.8) is 0 Å². The minimum Gasteiger partial charge on any atom is -0.369 e. The molecule has 0 radical (unpaired) electrons. The van der Waals surface area contributed by atoms with Gasteiger partial charge in [0.1, 0.15) is 11.6 Å². The number of halogens is 1. The van der Waals surface area contributed by atoms with Crippen LogP contribution in [-0.2, 0) is 0 Å². The fourth-order valence-corrected chi connectivity index (χ4v) is 2.45. The smallest absolute Gasteiger partial charge is 0.144 e. The third-order valence-electron chi connectivity index (χ3n) is 2.73. The molecule has 3 nitrogen and oxygen atoms in total. The van der Waals surface area contributed by atoms with E-state index in [0.717, 1.165) is 28.4 Å². The maximum Gasteiger partial charge on any atom is 0.144 e. The molecule has 1 aromatic heterocycles. The van der Waals surface area contributed by atoms with Crippen LogP contribution >= 0.6 is 15.9 Å². The van der Waals surface area contributed by atoms with E-state index in [4.69, 9.17) is 0 Å². The zero-order valence-corrected chi connectivity index (χ0v) is 11.6. The van der Waals surface area contributed by atoms with Gasteiger partial charge in [-0.2, -0.15) is 0 Å². The van der Waals surface area contributed by atoms with Crippen molar-refractivity contribution in [2.75, 3.05) is 11.9 Å². The molecule has 0 unspecified atom stereocenters. The molecule has 1 aromatic rings. The lowest BCUT2D eigenvalue weighted by Crippen LogP contribution is -2.08. The molecular formula is C12H18BrN3. The number of hydrogen-bond donors (Lipinski definition) is 1. The molecule has 0 aliphatic heterocycles. The molecule has 1 fully saturated rings. The quantitative estimate of drug-likeness (QED) is 0.916. The molecular weight excluding hydrogens is 266 g/mol. The molecule has 16 heavy (non-hydrogen) atoms. The lowest BCUT2D eigenvalue weighted by Gasteiger charge is -2.13. The summed E-state index contributed by atoms with van der Waals surface area (Å²) < 4.78 is 1.02. The molecule has 2 rings (SSSR count). The second-order valence-electron chi connectivity index (χ2n) is 4.59. The van der Waals surface area contributed by atoms with Crippen molar-refractivity contribution >= 4 is 21.7 Å². The van der Waals surface area contributed by atoms with E-state index in [-0.39, 0.29) is 0 Å². The summed E-state index contributed by atoms with van der Waals surface area (Å²) in [5.41, 5.74) is 1.12. The van der Waals surface area contributed by atoms with Gasteiger partial charge in [0, 0.05) is 12.5 Å². The molecule has 1 N–H and O–H groups in total. The molecule has 1 saturated carbocycles. The van der Waals surface area contributed by atoms with Crippen molar-refractivity contribution in [3.05, 3.63) is 16.0 Å². The van der Waals surface area contributed by atoms with Crippen LogP contribution in [0, 0.1) is 0 Å². The molecule has 0 aromatic carbocycles. The van der Waals surface area contributed by atoms with E-state index in [1.165, 1.54) is 12.8 Å². The number of anilines is 1. The monoisotopic (exact) mass is 283 g/mol. The summed E-state index contributed by atoms with van der Waals surface area (Å²) in [6.45, 7) is 7.30. The Bertz CT molecular complexity index is 386. The minimum absolute atomic E-state index is 0.423. The van der Waals surface area contributed by atoms with E-state index < -0.39 is 0 Å². The van der Waals surface area contributed by atoms with Crippen LogP contribution in [0.4, 0.5) is 5.82 Å². The molecule has 1 aliphatic carbocycles. The first-order chi connectivity index (χ1) is 7.63. The summed E-state index contributed by atoms with van der Waals surface area (Å²) in [5, 5.41) is 3.30. The van der Waals surface area contributed by atoms with Crippen LogP contribution in [0.1, 0.15) is 57.0 Å². The largest absolute Gasteiger partial charge is 0.369 e. The predicted octanol–water partition coefficient (Wildman–Crippen LogP) is 3.67. The number of nitrogens with zero attached hydrogens (tertiary/aromatic N) is 2. The van der Waals surface area contributed by atoms with Crippen LogP contribution in [0.25, 0.3) is 0 Å². The first-order valence-electron chi connectivity index (χ1n) is 5.94.